The molecule has 2 aromatic carbocycles. The number of nitrogens with zero attached hydrogens (tertiary/aromatic N) is 3. The third-order valence-corrected chi connectivity index (χ3v) is 8.19. The Balaban J connectivity index is 1.23. The molecule has 0 aliphatic heterocycles. The summed E-state index contributed by atoms with van der Waals surface area (Å²) in [6, 6.07) is 10.5. The zero-order valence-electron chi connectivity index (χ0n) is 20.5. The fourth-order valence-electron chi connectivity index (χ4n) is 4.37. The largest absolute Gasteiger partial charge is 0.493 e. The highest BCUT2D eigenvalue weighted by atomic mass is 35.5. The Kier molecular flexibility index (Phi) is 7.97. The van der Waals surface area contributed by atoms with Gasteiger partial charge in [0.05, 0.1) is 25.0 Å². The summed E-state index contributed by atoms with van der Waals surface area (Å²) < 4.78 is 12.6. The molecule has 0 atom stereocenters. The first-order chi connectivity index (χ1) is 18.4. The molecule has 0 radical (unpaired) electrons. The Labute approximate surface area is 232 Å². The van der Waals surface area contributed by atoms with Gasteiger partial charge in [0.15, 0.2) is 11.5 Å². The number of thiophene rings is 1. The number of benzene rings is 2. The Hall–Kier alpha value is -3.40. The van der Waals surface area contributed by atoms with Gasteiger partial charge in [0.2, 0.25) is 0 Å². The van der Waals surface area contributed by atoms with Gasteiger partial charge in [-0.1, -0.05) is 29.3 Å². The molecule has 8 nitrogen and oxygen atoms in total. The monoisotopic (exact) mass is 570 g/mol. The second kappa shape index (κ2) is 11.6. The number of amides is 1. The fraction of sp³-hybridized carbons (Fsp3) is 0.259. The number of methoxy groups -OCH3 is 1. The standard InChI is InChI=1S/C27H24Cl2N4O4S/c1-36-22-11-16(9-10-21(22)37-14-18-19(28)6-4-7-20(18)29)12-31-32-24(34)13-33-15-30-26-25(27(33)35)17-5-2-3-8-23(17)38-26/h4,6-7,9-12,15H,2-3,5,8,13-14H2,1H3,(H,32,34). The van der Waals surface area contributed by atoms with Gasteiger partial charge in [0.1, 0.15) is 18.0 Å². The number of fused-ring (bicyclic) bond motifs is 3. The lowest BCUT2D eigenvalue weighted by Gasteiger charge is -2.13. The van der Waals surface area contributed by atoms with Crippen molar-refractivity contribution < 1.29 is 14.3 Å². The molecule has 1 aliphatic rings. The SMILES string of the molecule is COc1cc(C=NNC(=O)Cn2cnc3sc4c(c3c2=O)CCCC4)ccc1OCc1c(Cl)cccc1Cl. The topological polar surface area (TPSA) is 94.8 Å². The van der Waals surface area contributed by atoms with Crippen molar-refractivity contribution in [2.24, 2.45) is 5.10 Å². The molecule has 1 amide bonds. The second-order valence-corrected chi connectivity index (χ2v) is 10.7. The van der Waals surface area contributed by atoms with E-state index in [2.05, 4.69) is 15.5 Å². The van der Waals surface area contributed by atoms with E-state index in [9.17, 15) is 9.59 Å². The zero-order chi connectivity index (χ0) is 26.6. The van der Waals surface area contributed by atoms with Crippen LogP contribution in [0.1, 0.15) is 34.4 Å². The maximum absolute atomic E-state index is 13.0. The van der Waals surface area contributed by atoms with Gasteiger partial charge >= 0.3 is 0 Å². The minimum atomic E-state index is -0.433. The van der Waals surface area contributed by atoms with Crippen LogP contribution in [0.15, 0.2) is 52.6 Å². The summed E-state index contributed by atoms with van der Waals surface area (Å²) in [5.74, 6) is 0.549. The number of hydrogen-bond acceptors (Lipinski definition) is 7. The van der Waals surface area contributed by atoms with E-state index in [4.69, 9.17) is 32.7 Å². The van der Waals surface area contributed by atoms with Crippen LogP contribution < -0.4 is 20.5 Å². The van der Waals surface area contributed by atoms with E-state index in [0.717, 1.165) is 36.1 Å². The highest BCUT2D eigenvalue weighted by molar-refractivity contribution is 7.18. The summed E-state index contributed by atoms with van der Waals surface area (Å²) in [4.78, 5) is 31.9. The van der Waals surface area contributed by atoms with Crippen molar-refractivity contribution in [3.8, 4) is 11.5 Å². The Morgan fingerprint density at radius 1 is 1.18 bits per heavy atom. The van der Waals surface area contributed by atoms with Gasteiger partial charge in [-0.05, 0) is 67.1 Å². The minimum absolute atomic E-state index is 0.173. The van der Waals surface area contributed by atoms with Crippen LogP contribution in [-0.2, 0) is 30.8 Å². The highest BCUT2D eigenvalue weighted by Gasteiger charge is 2.20. The summed E-state index contributed by atoms with van der Waals surface area (Å²) >= 11 is 14.0. The lowest BCUT2D eigenvalue weighted by Crippen LogP contribution is -2.30. The molecule has 1 aliphatic carbocycles. The Bertz CT molecular complexity index is 1580. The number of ether oxygens (including phenoxy) is 2. The van der Waals surface area contributed by atoms with Crippen molar-refractivity contribution in [1.82, 2.24) is 15.0 Å². The van der Waals surface area contributed by atoms with Crippen molar-refractivity contribution in [3.63, 3.8) is 0 Å². The first-order valence-corrected chi connectivity index (χ1v) is 13.6. The fourth-order valence-corrected chi connectivity index (χ4v) is 6.09. The molecule has 0 saturated carbocycles. The Morgan fingerprint density at radius 2 is 1.97 bits per heavy atom. The van der Waals surface area contributed by atoms with Crippen LogP contribution in [0.5, 0.6) is 11.5 Å². The van der Waals surface area contributed by atoms with Crippen molar-refractivity contribution in [3.05, 3.63) is 84.7 Å². The number of aryl methyl sites for hydroxylation is 2. The molecule has 5 rings (SSSR count). The van der Waals surface area contributed by atoms with Crippen molar-refractivity contribution in [1.29, 1.82) is 0 Å². The van der Waals surface area contributed by atoms with Crippen LogP contribution in [0.25, 0.3) is 10.2 Å². The van der Waals surface area contributed by atoms with Crippen LogP contribution in [0, 0.1) is 0 Å². The number of carbonyl (C=O) groups excluding carboxylic acids is 1. The number of rotatable bonds is 8. The second-order valence-electron chi connectivity index (χ2n) is 8.76. The van der Waals surface area contributed by atoms with Gasteiger partial charge in [-0.15, -0.1) is 11.3 Å². The van der Waals surface area contributed by atoms with Crippen molar-refractivity contribution >= 4 is 56.9 Å². The molecule has 11 heteroatoms. The van der Waals surface area contributed by atoms with Crippen LogP contribution in [0.3, 0.4) is 0 Å². The van der Waals surface area contributed by atoms with Crippen LogP contribution in [0.4, 0.5) is 0 Å². The third kappa shape index (κ3) is 5.55. The summed E-state index contributed by atoms with van der Waals surface area (Å²) in [5.41, 5.74) is 4.73. The molecule has 2 heterocycles. The van der Waals surface area contributed by atoms with Crippen molar-refractivity contribution in [2.75, 3.05) is 7.11 Å². The molecule has 0 spiro atoms. The van der Waals surface area contributed by atoms with E-state index in [1.807, 2.05) is 0 Å². The summed E-state index contributed by atoms with van der Waals surface area (Å²) in [7, 11) is 1.53. The zero-order valence-corrected chi connectivity index (χ0v) is 22.8. The molecule has 0 bridgehead atoms. The number of hydrogen-bond donors (Lipinski definition) is 1. The van der Waals surface area contributed by atoms with Crippen LogP contribution >= 0.6 is 34.5 Å². The maximum Gasteiger partial charge on any atom is 0.262 e. The number of nitrogens with one attached hydrogen (secondary N) is 1. The van der Waals surface area contributed by atoms with Gasteiger partial charge in [0.25, 0.3) is 11.5 Å². The number of halogens is 2. The smallest absolute Gasteiger partial charge is 0.262 e. The van der Waals surface area contributed by atoms with E-state index >= 15 is 0 Å². The average Bonchev–Trinajstić information content (AvgIpc) is 3.30. The molecule has 1 N–H and O–H groups in total. The molecule has 0 unspecified atom stereocenters. The van der Waals surface area contributed by atoms with Gasteiger partial charge < -0.3 is 9.47 Å². The number of carbonyl (C=O) groups is 1. The predicted octanol–water partition coefficient (Wildman–Crippen LogP) is 5.38. The third-order valence-electron chi connectivity index (χ3n) is 6.28. The normalized spacial score (nSPS) is 13.0. The van der Waals surface area contributed by atoms with E-state index in [1.165, 1.54) is 29.1 Å². The van der Waals surface area contributed by atoms with E-state index in [0.29, 0.717) is 38.1 Å². The molecule has 0 fully saturated rings. The first kappa shape index (κ1) is 26.2. The van der Waals surface area contributed by atoms with Gasteiger partial charge in [0, 0.05) is 20.5 Å². The van der Waals surface area contributed by atoms with Gasteiger partial charge in [-0.3, -0.25) is 14.2 Å². The summed E-state index contributed by atoms with van der Waals surface area (Å²) in [6.07, 6.45) is 6.97. The minimum Gasteiger partial charge on any atom is -0.493 e. The quantitative estimate of drug-likeness (QED) is 0.226. The number of aromatic nitrogens is 2. The summed E-state index contributed by atoms with van der Waals surface area (Å²) in [6.45, 7) is -0.00297. The van der Waals surface area contributed by atoms with Crippen molar-refractivity contribution in [2.45, 2.75) is 38.8 Å². The lowest BCUT2D eigenvalue weighted by molar-refractivity contribution is -0.121. The molecule has 196 valence electrons. The average molecular weight is 571 g/mol. The van der Waals surface area contributed by atoms with E-state index in [1.54, 1.807) is 47.7 Å². The maximum atomic E-state index is 13.0. The van der Waals surface area contributed by atoms with Gasteiger partial charge in [-0.2, -0.15) is 5.10 Å². The van der Waals surface area contributed by atoms with E-state index < -0.39 is 5.91 Å². The Morgan fingerprint density at radius 3 is 2.76 bits per heavy atom. The molecular weight excluding hydrogens is 547 g/mol. The van der Waals surface area contributed by atoms with Gasteiger partial charge in [-0.25, -0.2) is 10.4 Å². The lowest BCUT2D eigenvalue weighted by atomic mass is 9.97. The highest BCUT2D eigenvalue weighted by Crippen LogP contribution is 2.33. The van der Waals surface area contributed by atoms with E-state index in [-0.39, 0.29) is 18.7 Å². The van der Waals surface area contributed by atoms with Crippen LogP contribution in [0.2, 0.25) is 10.0 Å². The predicted molar refractivity (Wildman–Crippen MR) is 150 cm³/mol. The molecule has 38 heavy (non-hydrogen) atoms. The molecule has 0 saturated heterocycles. The van der Waals surface area contributed by atoms with Crippen LogP contribution in [-0.4, -0.2) is 28.8 Å². The summed E-state index contributed by atoms with van der Waals surface area (Å²) in [5, 5.41) is 5.70. The first-order valence-electron chi connectivity index (χ1n) is 12.0. The number of hydrazone groups is 1. The molecule has 4 aromatic rings. The molecular formula is C27H24Cl2N4O4S. The molecule has 2 aromatic heterocycles.